The number of rotatable bonds is 40. The molecule has 1 heterocycles. The van der Waals surface area contributed by atoms with Crippen molar-refractivity contribution < 1.29 is 44.9 Å². The fourth-order valence-corrected chi connectivity index (χ4v) is 7.67. The summed E-state index contributed by atoms with van der Waals surface area (Å²) < 4.78 is 11.2. The molecule has 0 radical (unpaired) electrons. The predicted octanol–water partition coefficient (Wildman–Crippen LogP) is 9.25. The van der Waals surface area contributed by atoms with Crippen LogP contribution in [0.25, 0.3) is 0 Å². The van der Waals surface area contributed by atoms with Crippen molar-refractivity contribution in [3.8, 4) is 0 Å². The van der Waals surface area contributed by atoms with E-state index in [1.807, 2.05) is 0 Å². The molecule has 0 spiro atoms. The van der Waals surface area contributed by atoms with Gasteiger partial charge in [-0.15, -0.1) is 0 Å². The van der Waals surface area contributed by atoms with Crippen LogP contribution in [0.3, 0.4) is 0 Å². The zero-order valence-corrected chi connectivity index (χ0v) is 37.2. The molecule has 1 rings (SSSR count). The van der Waals surface area contributed by atoms with Gasteiger partial charge in [0.15, 0.2) is 6.29 Å². The third-order valence-electron chi connectivity index (χ3n) is 11.7. The number of carbonyl (C=O) groups excluding carboxylic acids is 1. The van der Waals surface area contributed by atoms with Crippen LogP contribution in [0.15, 0.2) is 24.3 Å². The van der Waals surface area contributed by atoms with Crippen molar-refractivity contribution in [2.75, 3.05) is 13.2 Å². The van der Waals surface area contributed by atoms with E-state index < -0.39 is 61.5 Å². The van der Waals surface area contributed by atoms with Gasteiger partial charge >= 0.3 is 0 Å². The number of allylic oxidation sites excluding steroid dienone is 4. The lowest BCUT2D eigenvalue weighted by Crippen LogP contribution is -2.60. The minimum absolute atomic E-state index is 0.268. The second kappa shape index (κ2) is 38.5. The highest BCUT2D eigenvalue weighted by atomic mass is 16.7. The van der Waals surface area contributed by atoms with E-state index in [0.717, 1.165) is 64.2 Å². The van der Waals surface area contributed by atoms with E-state index in [-0.39, 0.29) is 6.61 Å². The number of ether oxygens (including phenoxy) is 2. The highest BCUT2D eigenvalue weighted by Gasteiger charge is 2.44. The average Bonchev–Trinajstić information content (AvgIpc) is 3.22. The van der Waals surface area contributed by atoms with Crippen LogP contribution in [0.2, 0.25) is 0 Å². The molecule has 342 valence electrons. The smallest absolute Gasteiger partial charge is 0.249 e. The molecule has 10 heteroatoms. The van der Waals surface area contributed by atoms with Gasteiger partial charge in [-0.25, -0.2) is 0 Å². The molecule has 1 saturated heterocycles. The quantitative estimate of drug-likeness (QED) is 0.0235. The molecule has 0 aromatic rings. The number of aliphatic hydroxyl groups excluding tert-OH is 6. The van der Waals surface area contributed by atoms with Crippen LogP contribution in [-0.4, -0.2) is 98.7 Å². The SMILES string of the molecule is CCCCC/C=C/C/C=C/CCCCC[C@@H](O)[C@H](CO[C@@H]1O[C@H](CO)[C@@H](O)[C@H](O)[C@H]1O)NC(=O)[C@H](O)CCCCCCCCCCCCCCCCCCCCCC. The summed E-state index contributed by atoms with van der Waals surface area (Å²) >= 11 is 0. The summed E-state index contributed by atoms with van der Waals surface area (Å²) in [5.74, 6) is -0.594. The predicted molar refractivity (Wildman–Crippen MR) is 236 cm³/mol. The molecule has 1 fully saturated rings. The molecule has 0 unspecified atom stereocenters. The van der Waals surface area contributed by atoms with E-state index >= 15 is 0 Å². The van der Waals surface area contributed by atoms with Crippen LogP contribution in [-0.2, 0) is 14.3 Å². The second-order valence-electron chi connectivity index (χ2n) is 17.0. The number of carbonyl (C=O) groups is 1. The lowest BCUT2D eigenvalue weighted by atomic mass is 9.99. The summed E-state index contributed by atoms with van der Waals surface area (Å²) in [6, 6.07) is -0.909. The summed E-state index contributed by atoms with van der Waals surface area (Å²) in [4.78, 5) is 13.1. The van der Waals surface area contributed by atoms with Gasteiger partial charge in [-0.1, -0.05) is 192 Å². The first kappa shape index (κ1) is 54.6. The number of unbranched alkanes of at least 4 members (excludes halogenated alkanes) is 25. The molecule has 0 aromatic carbocycles. The van der Waals surface area contributed by atoms with Gasteiger partial charge in [-0.2, -0.15) is 0 Å². The van der Waals surface area contributed by atoms with Gasteiger partial charge in [0.2, 0.25) is 5.91 Å². The molecule has 10 nitrogen and oxygen atoms in total. The van der Waals surface area contributed by atoms with Crippen LogP contribution >= 0.6 is 0 Å². The van der Waals surface area contributed by atoms with Gasteiger partial charge in [0.05, 0.1) is 25.4 Å². The lowest BCUT2D eigenvalue weighted by Gasteiger charge is -2.40. The maximum absolute atomic E-state index is 13.1. The highest BCUT2D eigenvalue weighted by molar-refractivity contribution is 5.80. The topological polar surface area (TPSA) is 169 Å². The van der Waals surface area contributed by atoms with Gasteiger partial charge in [-0.05, 0) is 44.9 Å². The Morgan fingerprint density at radius 2 is 1.02 bits per heavy atom. The first-order valence-electron chi connectivity index (χ1n) is 24.1. The standard InChI is InChI=1S/C48H91NO9/c1-3-5-7-9-11-13-15-17-18-19-20-21-22-23-25-27-29-31-33-35-37-42(52)47(56)49-40(39-57-48-46(55)45(54)44(53)43(38-50)58-48)41(51)36-34-32-30-28-26-24-16-14-12-10-8-6-4-2/h12,14,24,26,40-46,48,50-55H,3-11,13,15-23,25,27-39H2,1-2H3,(H,49,56)/b14-12+,26-24+/t40-,41+,42+,43+,44+,45-,46+,48+/m0/s1. The molecule has 0 aromatic heterocycles. The minimum atomic E-state index is -1.60. The van der Waals surface area contributed by atoms with E-state index in [1.165, 1.54) is 122 Å². The third-order valence-corrected chi connectivity index (χ3v) is 11.7. The average molecular weight is 826 g/mol. The first-order valence-corrected chi connectivity index (χ1v) is 24.1. The van der Waals surface area contributed by atoms with Crippen LogP contribution in [0.4, 0.5) is 0 Å². The van der Waals surface area contributed by atoms with Crippen molar-refractivity contribution in [1.29, 1.82) is 0 Å². The Kier molecular flexibility index (Phi) is 36.3. The number of hydrogen-bond acceptors (Lipinski definition) is 9. The summed E-state index contributed by atoms with van der Waals surface area (Å²) in [6.07, 6.45) is 35.2. The molecule has 0 aliphatic carbocycles. The van der Waals surface area contributed by atoms with Gasteiger partial charge in [0.25, 0.3) is 0 Å². The Morgan fingerprint density at radius 1 is 0.586 bits per heavy atom. The van der Waals surface area contributed by atoms with Crippen molar-refractivity contribution >= 4 is 5.91 Å². The monoisotopic (exact) mass is 826 g/mol. The van der Waals surface area contributed by atoms with Crippen LogP contribution in [0.1, 0.15) is 213 Å². The van der Waals surface area contributed by atoms with Crippen LogP contribution < -0.4 is 5.32 Å². The Balaban J connectivity index is 2.34. The van der Waals surface area contributed by atoms with Crippen LogP contribution in [0, 0.1) is 0 Å². The normalized spacial score (nSPS) is 21.6. The van der Waals surface area contributed by atoms with Gasteiger partial charge < -0.3 is 45.4 Å². The summed E-state index contributed by atoms with van der Waals surface area (Å²) in [5, 5.41) is 64.8. The number of amides is 1. The Morgan fingerprint density at radius 3 is 1.52 bits per heavy atom. The van der Waals surface area contributed by atoms with E-state index in [0.29, 0.717) is 12.8 Å². The van der Waals surface area contributed by atoms with Gasteiger partial charge in [-0.3, -0.25) is 4.79 Å². The molecule has 1 amide bonds. The molecular weight excluding hydrogens is 735 g/mol. The van der Waals surface area contributed by atoms with E-state index in [9.17, 15) is 35.4 Å². The van der Waals surface area contributed by atoms with Gasteiger partial charge in [0, 0.05) is 0 Å². The van der Waals surface area contributed by atoms with Gasteiger partial charge in [0.1, 0.15) is 30.5 Å². The zero-order chi connectivity index (χ0) is 42.5. The van der Waals surface area contributed by atoms with Crippen LogP contribution in [0.5, 0.6) is 0 Å². The maximum atomic E-state index is 13.1. The summed E-state index contributed by atoms with van der Waals surface area (Å²) in [5.41, 5.74) is 0. The molecule has 58 heavy (non-hydrogen) atoms. The zero-order valence-electron chi connectivity index (χ0n) is 37.2. The molecule has 7 N–H and O–H groups in total. The van der Waals surface area contributed by atoms with Crippen molar-refractivity contribution in [3.63, 3.8) is 0 Å². The molecule has 0 saturated carbocycles. The van der Waals surface area contributed by atoms with E-state index in [2.05, 4.69) is 43.5 Å². The summed E-state index contributed by atoms with van der Waals surface area (Å²) in [6.45, 7) is 3.62. The van der Waals surface area contributed by atoms with Crippen molar-refractivity contribution in [3.05, 3.63) is 24.3 Å². The molecule has 1 aliphatic rings. The lowest BCUT2D eigenvalue weighted by molar-refractivity contribution is -0.302. The molecule has 1 aliphatic heterocycles. The number of aliphatic hydroxyl groups is 6. The number of hydrogen-bond donors (Lipinski definition) is 7. The van der Waals surface area contributed by atoms with E-state index in [4.69, 9.17) is 9.47 Å². The fraction of sp³-hybridized carbons (Fsp3) is 0.896. The maximum Gasteiger partial charge on any atom is 0.249 e. The van der Waals surface area contributed by atoms with Crippen molar-refractivity contribution in [2.45, 2.75) is 262 Å². The second-order valence-corrected chi connectivity index (χ2v) is 17.0. The van der Waals surface area contributed by atoms with E-state index in [1.54, 1.807) is 0 Å². The summed E-state index contributed by atoms with van der Waals surface area (Å²) in [7, 11) is 0. The third kappa shape index (κ3) is 28.2. The molecule has 0 bridgehead atoms. The van der Waals surface area contributed by atoms with Crippen molar-refractivity contribution in [2.24, 2.45) is 0 Å². The highest BCUT2D eigenvalue weighted by Crippen LogP contribution is 2.23. The first-order chi connectivity index (χ1) is 28.3. The Hall–Kier alpha value is -1.37. The number of nitrogens with one attached hydrogen (secondary N) is 1. The minimum Gasteiger partial charge on any atom is -0.394 e. The Bertz CT molecular complexity index is 979. The Labute approximate surface area is 354 Å². The molecule has 8 atom stereocenters. The largest absolute Gasteiger partial charge is 0.394 e. The fourth-order valence-electron chi connectivity index (χ4n) is 7.67. The van der Waals surface area contributed by atoms with Crippen molar-refractivity contribution in [1.82, 2.24) is 5.32 Å². The molecular formula is C48H91NO9.